The van der Waals surface area contributed by atoms with Crippen LogP contribution >= 0.6 is 11.3 Å². The number of thiophene rings is 1. The number of halogens is 1. The molecule has 1 aliphatic rings. The topological polar surface area (TPSA) is 128 Å². The SMILES string of the molecule is C[C@H]1CN([C@@H](C)CO)C(=O)Cc2cc(NS(=O)(=O)c3cccs3)ccc2O[C@H]1CN(C)C(=O)Nc1ccc(F)cc1. The van der Waals surface area contributed by atoms with Crippen molar-refractivity contribution in [1.82, 2.24) is 9.80 Å². The third kappa shape index (κ3) is 7.54. The van der Waals surface area contributed by atoms with Crippen molar-refractivity contribution < 1.29 is 32.2 Å². The van der Waals surface area contributed by atoms with E-state index in [1.54, 1.807) is 48.5 Å². The van der Waals surface area contributed by atoms with Gasteiger partial charge < -0.3 is 25.0 Å². The normalized spacial score (nSPS) is 18.3. The Kier molecular flexibility index (Phi) is 9.51. The van der Waals surface area contributed by atoms with Crippen LogP contribution in [0.25, 0.3) is 0 Å². The molecule has 3 aromatic rings. The van der Waals surface area contributed by atoms with Crippen molar-refractivity contribution in [1.29, 1.82) is 0 Å². The highest BCUT2D eigenvalue weighted by molar-refractivity contribution is 7.94. The van der Waals surface area contributed by atoms with Crippen LogP contribution in [0.5, 0.6) is 5.75 Å². The molecule has 0 saturated heterocycles. The minimum absolute atomic E-state index is 0.0748. The summed E-state index contributed by atoms with van der Waals surface area (Å²) < 4.78 is 47.9. The Morgan fingerprint density at radius 3 is 2.59 bits per heavy atom. The van der Waals surface area contributed by atoms with Crippen LogP contribution in [0.1, 0.15) is 19.4 Å². The monoisotopic (exact) mass is 604 g/mol. The molecule has 3 N–H and O–H groups in total. The lowest BCUT2D eigenvalue weighted by Gasteiger charge is -2.34. The fraction of sp³-hybridized carbons (Fsp3) is 0.357. The van der Waals surface area contributed by atoms with E-state index in [1.165, 1.54) is 35.2 Å². The van der Waals surface area contributed by atoms with Crippen molar-refractivity contribution in [2.24, 2.45) is 5.92 Å². The maximum absolute atomic E-state index is 13.4. The molecule has 41 heavy (non-hydrogen) atoms. The summed E-state index contributed by atoms with van der Waals surface area (Å²) in [6.45, 7) is 3.82. The second kappa shape index (κ2) is 12.9. The number of carbonyl (C=O) groups is 2. The van der Waals surface area contributed by atoms with Gasteiger partial charge in [0, 0.05) is 36.4 Å². The van der Waals surface area contributed by atoms with Crippen LogP contribution in [-0.4, -0.2) is 74.2 Å². The molecule has 4 rings (SSSR count). The molecule has 3 amide bonds. The zero-order valence-corrected chi connectivity index (χ0v) is 24.5. The number of ether oxygens (including phenoxy) is 1. The first kappa shape index (κ1) is 30.3. The Hall–Kier alpha value is -3.68. The van der Waals surface area contributed by atoms with Gasteiger partial charge in [-0.05, 0) is 60.8 Å². The molecule has 0 spiro atoms. The minimum Gasteiger partial charge on any atom is -0.488 e. The largest absolute Gasteiger partial charge is 0.488 e. The Bertz CT molecular complexity index is 1470. The molecule has 1 aliphatic heterocycles. The number of benzene rings is 2. The fourth-order valence-electron chi connectivity index (χ4n) is 4.44. The molecule has 0 saturated carbocycles. The van der Waals surface area contributed by atoms with Crippen molar-refractivity contribution in [2.45, 2.75) is 36.6 Å². The van der Waals surface area contributed by atoms with Gasteiger partial charge in [-0.15, -0.1) is 11.3 Å². The van der Waals surface area contributed by atoms with Crippen molar-refractivity contribution in [3.63, 3.8) is 0 Å². The van der Waals surface area contributed by atoms with Gasteiger partial charge in [0.2, 0.25) is 5.91 Å². The number of sulfonamides is 1. The molecule has 13 heteroatoms. The molecule has 1 aromatic heterocycles. The maximum Gasteiger partial charge on any atom is 0.321 e. The number of hydrogen-bond acceptors (Lipinski definition) is 7. The van der Waals surface area contributed by atoms with Gasteiger partial charge in [0.25, 0.3) is 10.0 Å². The predicted molar refractivity (Wildman–Crippen MR) is 155 cm³/mol. The Morgan fingerprint density at radius 2 is 1.93 bits per heavy atom. The number of fused-ring (bicyclic) bond motifs is 1. The highest BCUT2D eigenvalue weighted by atomic mass is 32.2. The van der Waals surface area contributed by atoms with Crippen LogP contribution in [0, 0.1) is 11.7 Å². The number of urea groups is 1. The number of rotatable bonds is 8. The van der Waals surface area contributed by atoms with Crippen LogP contribution in [-0.2, 0) is 21.2 Å². The van der Waals surface area contributed by atoms with E-state index in [4.69, 9.17) is 4.74 Å². The third-order valence-corrected chi connectivity index (χ3v) is 9.60. The van der Waals surface area contributed by atoms with Gasteiger partial charge in [-0.2, -0.15) is 0 Å². The average Bonchev–Trinajstić information content (AvgIpc) is 3.50. The standard InChI is InChI=1S/C28H33FN4O6S2/c1-18-15-33(19(2)17-34)26(35)14-20-13-23(31-41(37,38)27-5-4-12-40-27)10-11-24(20)39-25(18)16-32(3)28(36)30-22-8-6-21(29)7-9-22/h4-13,18-19,25,31,34H,14-17H2,1-3H3,(H,30,36)/t18-,19-,25-/m0/s1. The highest BCUT2D eigenvalue weighted by Crippen LogP contribution is 2.30. The van der Waals surface area contributed by atoms with E-state index in [2.05, 4.69) is 10.0 Å². The number of aliphatic hydroxyl groups is 1. The van der Waals surface area contributed by atoms with Crippen molar-refractivity contribution in [3.8, 4) is 5.75 Å². The third-order valence-electron chi connectivity index (χ3n) is 6.82. The lowest BCUT2D eigenvalue weighted by molar-refractivity contribution is -0.134. The van der Waals surface area contributed by atoms with Gasteiger partial charge in [0.15, 0.2) is 0 Å². The number of nitrogens with zero attached hydrogens (tertiary/aromatic N) is 2. The Balaban J connectivity index is 1.60. The smallest absolute Gasteiger partial charge is 0.321 e. The van der Waals surface area contributed by atoms with Gasteiger partial charge >= 0.3 is 6.03 Å². The minimum atomic E-state index is -3.81. The predicted octanol–water partition coefficient (Wildman–Crippen LogP) is 4.00. The Labute approximate surface area is 242 Å². The van der Waals surface area contributed by atoms with E-state index in [0.29, 0.717) is 17.0 Å². The number of aliphatic hydroxyl groups excluding tert-OH is 1. The second-order valence-electron chi connectivity index (χ2n) is 10.1. The van der Waals surface area contributed by atoms with Gasteiger partial charge in [-0.25, -0.2) is 17.6 Å². The first-order valence-electron chi connectivity index (χ1n) is 13.0. The van der Waals surface area contributed by atoms with Gasteiger partial charge in [0.05, 0.1) is 25.6 Å². The lowest BCUT2D eigenvalue weighted by Crippen LogP contribution is -2.48. The molecule has 0 fully saturated rings. The molecule has 2 heterocycles. The van der Waals surface area contributed by atoms with Crippen LogP contribution in [0.4, 0.5) is 20.6 Å². The molecular weight excluding hydrogens is 571 g/mol. The fourth-order valence-corrected chi connectivity index (χ4v) is 6.48. The van der Waals surface area contributed by atoms with Crippen LogP contribution in [0.15, 0.2) is 64.2 Å². The molecule has 0 bridgehead atoms. The van der Waals surface area contributed by atoms with E-state index in [9.17, 15) is 27.5 Å². The summed E-state index contributed by atoms with van der Waals surface area (Å²) in [5, 5.41) is 14.2. The summed E-state index contributed by atoms with van der Waals surface area (Å²) in [5.41, 5.74) is 1.17. The zero-order valence-electron chi connectivity index (χ0n) is 22.9. The van der Waals surface area contributed by atoms with E-state index in [-0.39, 0.29) is 47.8 Å². The van der Waals surface area contributed by atoms with Crippen molar-refractivity contribution >= 4 is 44.7 Å². The van der Waals surface area contributed by atoms with E-state index in [1.807, 2.05) is 6.92 Å². The molecule has 220 valence electrons. The first-order chi connectivity index (χ1) is 19.5. The summed E-state index contributed by atoms with van der Waals surface area (Å²) in [4.78, 5) is 29.3. The first-order valence-corrected chi connectivity index (χ1v) is 15.4. The summed E-state index contributed by atoms with van der Waals surface area (Å²) >= 11 is 1.09. The highest BCUT2D eigenvalue weighted by Gasteiger charge is 2.32. The quantitative estimate of drug-likeness (QED) is 0.357. The Morgan fingerprint density at radius 1 is 1.22 bits per heavy atom. The number of likely N-dealkylation sites (N-methyl/N-ethyl adjacent to an activating group) is 1. The van der Waals surface area contributed by atoms with E-state index in [0.717, 1.165) is 11.3 Å². The molecule has 2 aromatic carbocycles. The summed E-state index contributed by atoms with van der Waals surface area (Å²) in [6, 6.07) is 12.4. The number of hydrogen-bond donors (Lipinski definition) is 3. The van der Waals surface area contributed by atoms with Gasteiger partial charge in [-0.3, -0.25) is 9.52 Å². The van der Waals surface area contributed by atoms with Crippen molar-refractivity contribution in [2.75, 3.05) is 36.8 Å². The average molecular weight is 605 g/mol. The summed E-state index contributed by atoms with van der Waals surface area (Å²) in [6.07, 6.45) is -0.639. The van der Waals surface area contributed by atoms with Gasteiger partial charge in [-0.1, -0.05) is 13.0 Å². The summed E-state index contributed by atoms with van der Waals surface area (Å²) in [5.74, 6) is -0.525. The summed E-state index contributed by atoms with van der Waals surface area (Å²) in [7, 11) is -2.21. The lowest BCUT2D eigenvalue weighted by atomic mass is 10.0. The molecule has 10 nitrogen and oxygen atoms in total. The van der Waals surface area contributed by atoms with E-state index >= 15 is 0 Å². The van der Waals surface area contributed by atoms with Crippen LogP contribution in [0.3, 0.4) is 0 Å². The number of carbonyl (C=O) groups excluding carboxylic acids is 2. The molecule has 3 atom stereocenters. The van der Waals surface area contributed by atoms with Crippen molar-refractivity contribution in [3.05, 3.63) is 71.4 Å². The van der Waals surface area contributed by atoms with E-state index < -0.39 is 34.0 Å². The number of nitrogens with one attached hydrogen (secondary N) is 2. The number of amides is 3. The molecule has 0 radical (unpaired) electrons. The number of anilines is 2. The maximum atomic E-state index is 13.4. The molecule has 0 aliphatic carbocycles. The van der Waals surface area contributed by atoms with Crippen LogP contribution < -0.4 is 14.8 Å². The molecular formula is C28H33FN4O6S2. The second-order valence-corrected chi connectivity index (χ2v) is 12.9. The van der Waals surface area contributed by atoms with Crippen LogP contribution in [0.2, 0.25) is 0 Å². The van der Waals surface area contributed by atoms with Gasteiger partial charge in [0.1, 0.15) is 21.9 Å². The zero-order chi connectivity index (χ0) is 29.7. The molecule has 0 unspecified atom stereocenters.